The molecule has 1 saturated carbocycles. The van der Waals surface area contributed by atoms with Crippen molar-refractivity contribution in [2.75, 3.05) is 0 Å². The number of rotatable bonds is 4. The van der Waals surface area contributed by atoms with Gasteiger partial charge in [-0.1, -0.05) is 107 Å². The Morgan fingerprint density at radius 3 is 2.45 bits per heavy atom. The van der Waals surface area contributed by atoms with Gasteiger partial charge in [0.2, 0.25) is 0 Å². The van der Waals surface area contributed by atoms with Crippen LogP contribution >= 0.6 is 0 Å². The molecule has 152 valence electrons. The lowest BCUT2D eigenvalue weighted by atomic mass is 9.60. The van der Waals surface area contributed by atoms with E-state index in [2.05, 4.69) is 62.4 Å². The van der Waals surface area contributed by atoms with Crippen LogP contribution in [0.15, 0.2) is 48.5 Å². The van der Waals surface area contributed by atoms with Gasteiger partial charge in [0.05, 0.1) is 0 Å². The molecule has 0 heterocycles. The number of unbranched alkanes of at least 4 members (excludes halogenated alkanes) is 1. The van der Waals surface area contributed by atoms with Crippen LogP contribution in [-0.4, -0.2) is 0 Å². The van der Waals surface area contributed by atoms with Crippen molar-refractivity contribution in [2.24, 2.45) is 11.8 Å². The van der Waals surface area contributed by atoms with Gasteiger partial charge < -0.3 is 0 Å². The van der Waals surface area contributed by atoms with E-state index in [4.69, 9.17) is 0 Å². The van der Waals surface area contributed by atoms with E-state index in [1.165, 1.54) is 85.8 Å². The van der Waals surface area contributed by atoms with Gasteiger partial charge in [-0.3, -0.25) is 0 Å². The van der Waals surface area contributed by atoms with Crippen molar-refractivity contribution in [1.82, 2.24) is 0 Å². The van der Waals surface area contributed by atoms with Crippen LogP contribution in [0.5, 0.6) is 0 Å². The zero-order valence-corrected chi connectivity index (χ0v) is 18.3. The first-order chi connectivity index (χ1) is 14.2. The minimum absolute atomic E-state index is 0.353. The zero-order valence-electron chi connectivity index (χ0n) is 18.3. The van der Waals surface area contributed by atoms with Gasteiger partial charge in [0.1, 0.15) is 0 Å². The van der Waals surface area contributed by atoms with Crippen LogP contribution in [-0.2, 0) is 11.8 Å². The molecular weight excluding hydrogens is 348 g/mol. The first kappa shape index (κ1) is 19.2. The van der Waals surface area contributed by atoms with Crippen LogP contribution in [0.3, 0.4) is 0 Å². The molecule has 0 spiro atoms. The highest BCUT2D eigenvalue weighted by molar-refractivity contribution is 6.08. The van der Waals surface area contributed by atoms with Crippen LogP contribution in [0, 0.1) is 11.8 Å². The van der Waals surface area contributed by atoms with Crippen molar-refractivity contribution in [3.63, 3.8) is 0 Å². The predicted molar refractivity (Wildman–Crippen MR) is 127 cm³/mol. The monoisotopic (exact) mass is 384 g/mol. The highest BCUT2D eigenvalue weighted by Gasteiger charge is 2.39. The summed E-state index contributed by atoms with van der Waals surface area (Å²) < 4.78 is 0. The van der Waals surface area contributed by atoms with E-state index in [9.17, 15) is 0 Å². The maximum atomic E-state index is 2.59. The maximum Gasteiger partial charge on any atom is -0.00695 e. The Labute approximate surface area is 176 Å². The predicted octanol–water partition coefficient (Wildman–Crippen LogP) is 8.58. The Kier molecular flexibility index (Phi) is 5.14. The molecule has 0 radical (unpaired) electrons. The van der Waals surface area contributed by atoms with Crippen molar-refractivity contribution in [3.8, 4) is 0 Å². The first-order valence-electron chi connectivity index (χ1n) is 12.1. The third-order valence-electron chi connectivity index (χ3n) is 8.27. The molecular formula is C29H36. The SMILES string of the molecule is CCCCC1(C)CC(C2CCCCC2)Cc2c1ccc1c2ccc2ccccc21. The molecule has 2 aliphatic carbocycles. The van der Waals surface area contributed by atoms with E-state index in [0.29, 0.717) is 5.41 Å². The van der Waals surface area contributed by atoms with E-state index in [-0.39, 0.29) is 0 Å². The van der Waals surface area contributed by atoms with E-state index in [0.717, 1.165) is 11.8 Å². The smallest absolute Gasteiger partial charge is 0.00695 e. The molecule has 3 aromatic rings. The molecule has 2 aliphatic rings. The fourth-order valence-corrected chi connectivity index (χ4v) is 6.70. The lowest BCUT2D eigenvalue weighted by Gasteiger charge is -2.44. The molecule has 0 heteroatoms. The third-order valence-corrected chi connectivity index (χ3v) is 8.27. The van der Waals surface area contributed by atoms with E-state index in [1.54, 1.807) is 11.1 Å². The molecule has 2 unspecified atom stereocenters. The summed E-state index contributed by atoms with van der Waals surface area (Å²) in [6.45, 7) is 4.93. The van der Waals surface area contributed by atoms with Crippen LogP contribution < -0.4 is 0 Å². The normalized spacial score (nSPS) is 25.4. The summed E-state index contributed by atoms with van der Waals surface area (Å²) in [5, 5.41) is 5.78. The Balaban J connectivity index is 1.66. The molecule has 0 bridgehead atoms. The van der Waals surface area contributed by atoms with E-state index in [1.807, 2.05) is 0 Å². The Bertz CT molecular complexity index is 1010. The molecule has 1 fully saturated rings. The second-order valence-electron chi connectivity index (χ2n) is 10.2. The molecule has 5 rings (SSSR count). The lowest BCUT2D eigenvalue weighted by Crippen LogP contribution is -2.36. The average molecular weight is 385 g/mol. The molecule has 0 amide bonds. The minimum Gasteiger partial charge on any atom is -0.0654 e. The van der Waals surface area contributed by atoms with E-state index >= 15 is 0 Å². The van der Waals surface area contributed by atoms with Crippen LogP contribution in [0.4, 0.5) is 0 Å². The number of fused-ring (bicyclic) bond motifs is 5. The van der Waals surface area contributed by atoms with Gasteiger partial charge in [0, 0.05) is 0 Å². The topological polar surface area (TPSA) is 0 Å². The highest BCUT2D eigenvalue weighted by atomic mass is 14.4. The standard InChI is InChI=1S/C29H36/c1-3-4-18-29(2)20-23(21-10-6-5-7-11-21)19-27-26-15-14-22-12-8-9-13-24(22)25(26)16-17-28(27)29/h8-9,12-17,21,23H,3-7,10-11,18-20H2,1-2H3. The van der Waals surface area contributed by atoms with Gasteiger partial charge in [0.15, 0.2) is 0 Å². The van der Waals surface area contributed by atoms with Crippen LogP contribution in [0.25, 0.3) is 21.5 Å². The quantitative estimate of drug-likeness (QED) is 0.395. The van der Waals surface area contributed by atoms with Crippen molar-refractivity contribution < 1.29 is 0 Å². The fourth-order valence-electron chi connectivity index (χ4n) is 6.70. The molecule has 0 nitrogen and oxygen atoms in total. The van der Waals surface area contributed by atoms with Gasteiger partial charge in [-0.05, 0) is 69.2 Å². The summed E-state index contributed by atoms with van der Waals surface area (Å²) in [6, 6.07) is 18.6. The van der Waals surface area contributed by atoms with Gasteiger partial charge >= 0.3 is 0 Å². The van der Waals surface area contributed by atoms with Gasteiger partial charge in [-0.25, -0.2) is 0 Å². The van der Waals surface area contributed by atoms with Crippen molar-refractivity contribution in [2.45, 2.75) is 83.5 Å². The Morgan fingerprint density at radius 1 is 0.828 bits per heavy atom. The summed E-state index contributed by atoms with van der Waals surface area (Å²) in [4.78, 5) is 0. The molecule has 0 saturated heterocycles. The molecule has 0 N–H and O–H groups in total. The number of hydrogen-bond donors (Lipinski definition) is 0. The summed E-state index contributed by atoms with van der Waals surface area (Å²) in [5.74, 6) is 1.83. The number of benzene rings is 3. The van der Waals surface area contributed by atoms with Crippen molar-refractivity contribution in [1.29, 1.82) is 0 Å². The first-order valence-corrected chi connectivity index (χ1v) is 12.1. The molecule has 0 aromatic heterocycles. The minimum atomic E-state index is 0.353. The second kappa shape index (κ2) is 7.78. The zero-order chi connectivity index (χ0) is 19.8. The fraction of sp³-hybridized carbons (Fsp3) is 0.517. The van der Waals surface area contributed by atoms with Crippen molar-refractivity contribution in [3.05, 3.63) is 59.7 Å². The van der Waals surface area contributed by atoms with Gasteiger partial charge in [-0.15, -0.1) is 0 Å². The highest BCUT2D eigenvalue weighted by Crippen LogP contribution is 2.49. The summed E-state index contributed by atoms with van der Waals surface area (Å²) in [6.07, 6.45) is 14.0. The lowest BCUT2D eigenvalue weighted by molar-refractivity contribution is 0.177. The number of hydrogen-bond acceptors (Lipinski definition) is 0. The van der Waals surface area contributed by atoms with Gasteiger partial charge in [-0.2, -0.15) is 0 Å². The molecule has 3 aromatic carbocycles. The molecule has 0 aliphatic heterocycles. The molecule has 2 atom stereocenters. The summed E-state index contributed by atoms with van der Waals surface area (Å²) in [5.41, 5.74) is 3.71. The Morgan fingerprint density at radius 2 is 1.62 bits per heavy atom. The second-order valence-corrected chi connectivity index (χ2v) is 10.2. The maximum absolute atomic E-state index is 2.59. The van der Waals surface area contributed by atoms with Gasteiger partial charge in [0.25, 0.3) is 0 Å². The largest absolute Gasteiger partial charge is 0.0654 e. The summed E-state index contributed by atoms with van der Waals surface area (Å²) in [7, 11) is 0. The average Bonchev–Trinajstić information content (AvgIpc) is 2.78. The third kappa shape index (κ3) is 3.39. The molecule has 29 heavy (non-hydrogen) atoms. The Hall–Kier alpha value is -1.82. The van der Waals surface area contributed by atoms with Crippen molar-refractivity contribution >= 4 is 21.5 Å². The van der Waals surface area contributed by atoms with Crippen LogP contribution in [0.2, 0.25) is 0 Å². The van der Waals surface area contributed by atoms with Crippen LogP contribution in [0.1, 0.15) is 82.8 Å². The van der Waals surface area contributed by atoms with E-state index < -0.39 is 0 Å². The summed E-state index contributed by atoms with van der Waals surface area (Å²) >= 11 is 0.